The maximum Gasteiger partial charge on any atom is 0.105 e. The molecule has 0 bridgehead atoms. The fourth-order valence-corrected chi connectivity index (χ4v) is 2.61. The molecule has 2 heteroatoms. The van der Waals surface area contributed by atoms with Gasteiger partial charge in [-0.2, -0.15) is 0 Å². The second kappa shape index (κ2) is 5.93. The first kappa shape index (κ1) is 12.9. The molecule has 3 aromatic rings. The van der Waals surface area contributed by atoms with Crippen LogP contribution in [0, 0.1) is 0 Å². The molecule has 1 N–H and O–H groups in total. The van der Waals surface area contributed by atoms with Crippen LogP contribution in [0.1, 0.15) is 24.3 Å². The first-order valence-electron chi connectivity index (χ1n) is 7.11. The summed E-state index contributed by atoms with van der Waals surface area (Å²) in [7, 11) is 0. The third-order valence-electron chi connectivity index (χ3n) is 3.61. The van der Waals surface area contributed by atoms with E-state index in [1.54, 1.807) is 6.26 Å². The van der Waals surface area contributed by atoms with Crippen LogP contribution < -0.4 is 5.32 Å². The monoisotopic (exact) mass is 265 g/mol. The van der Waals surface area contributed by atoms with Crippen molar-refractivity contribution in [3.8, 4) is 0 Å². The second-order valence-electron chi connectivity index (χ2n) is 5.00. The molecule has 0 saturated carbocycles. The quantitative estimate of drug-likeness (QED) is 0.743. The summed E-state index contributed by atoms with van der Waals surface area (Å²) in [5.74, 6) is 1.02. The molecule has 1 heterocycles. The molecule has 0 saturated heterocycles. The Morgan fingerprint density at radius 2 is 1.85 bits per heavy atom. The van der Waals surface area contributed by atoms with Gasteiger partial charge in [-0.25, -0.2) is 0 Å². The van der Waals surface area contributed by atoms with Crippen LogP contribution in [0.15, 0.2) is 65.3 Å². The molecule has 3 rings (SSSR count). The fourth-order valence-electron chi connectivity index (χ4n) is 2.61. The van der Waals surface area contributed by atoms with Crippen molar-refractivity contribution in [3.63, 3.8) is 0 Å². The van der Waals surface area contributed by atoms with Crippen LogP contribution in [0.3, 0.4) is 0 Å². The van der Waals surface area contributed by atoms with E-state index in [-0.39, 0.29) is 6.04 Å². The highest BCUT2D eigenvalue weighted by Crippen LogP contribution is 2.23. The predicted molar refractivity (Wildman–Crippen MR) is 82.8 cm³/mol. The van der Waals surface area contributed by atoms with E-state index < -0.39 is 0 Å². The minimum atomic E-state index is 0.288. The van der Waals surface area contributed by atoms with Gasteiger partial charge < -0.3 is 9.73 Å². The molecule has 0 aliphatic rings. The van der Waals surface area contributed by atoms with E-state index in [0.29, 0.717) is 0 Å². The summed E-state index contributed by atoms with van der Waals surface area (Å²) >= 11 is 0. The molecule has 1 aromatic heterocycles. The zero-order valence-electron chi connectivity index (χ0n) is 11.7. The molecule has 0 spiro atoms. The number of nitrogens with one attached hydrogen (secondary N) is 1. The third-order valence-corrected chi connectivity index (χ3v) is 3.61. The summed E-state index contributed by atoms with van der Waals surface area (Å²) in [6.45, 7) is 3.08. The van der Waals surface area contributed by atoms with Gasteiger partial charge in [-0.15, -0.1) is 0 Å². The van der Waals surface area contributed by atoms with Gasteiger partial charge in [-0.1, -0.05) is 43.3 Å². The average Bonchev–Trinajstić information content (AvgIpc) is 2.99. The standard InChI is InChI=1S/C18H19NO/c1-2-19-18(13-17-8-5-11-20-17)16-10-9-14-6-3-4-7-15(14)12-16/h3-12,18-19H,2,13H2,1H3. The van der Waals surface area contributed by atoms with Crippen LogP contribution in [0.5, 0.6) is 0 Å². The van der Waals surface area contributed by atoms with Crippen molar-refractivity contribution in [2.45, 2.75) is 19.4 Å². The number of furan rings is 1. The Morgan fingerprint density at radius 1 is 1.00 bits per heavy atom. The largest absolute Gasteiger partial charge is 0.469 e. The van der Waals surface area contributed by atoms with Gasteiger partial charge >= 0.3 is 0 Å². The summed E-state index contributed by atoms with van der Waals surface area (Å²) in [5, 5.41) is 6.11. The van der Waals surface area contributed by atoms with Gasteiger partial charge in [0, 0.05) is 12.5 Å². The lowest BCUT2D eigenvalue weighted by Crippen LogP contribution is -2.22. The number of rotatable bonds is 5. The summed E-state index contributed by atoms with van der Waals surface area (Å²) in [5.41, 5.74) is 1.31. The van der Waals surface area contributed by atoms with Crippen LogP contribution >= 0.6 is 0 Å². The highest BCUT2D eigenvalue weighted by molar-refractivity contribution is 5.83. The van der Waals surface area contributed by atoms with Gasteiger partial charge in [0.05, 0.1) is 6.26 Å². The second-order valence-corrected chi connectivity index (χ2v) is 5.00. The molecular formula is C18H19NO. The molecule has 2 nitrogen and oxygen atoms in total. The van der Waals surface area contributed by atoms with E-state index in [1.165, 1.54) is 16.3 Å². The van der Waals surface area contributed by atoms with Crippen LogP contribution in [-0.4, -0.2) is 6.54 Å². The van der Waals surface area contributed by atoms with E-state index in [4.69, 9.17) is 4.42 Å². The number of fused-ring (bicyclic) bond motifs is 1. The Kier molecular flexibility index (Phi) is 3.84. The normalized spacial score (nSPS) is 12.7. The molecule has 2 aromatic carbocycles. The van der Waals surface area contributed by atoms with Crippen molar-refractivity contribution >= 4 is 10.8 Å². The van der Waals surface area contributed by atoms with Crippen molar-refractivity contribution < 1.29 is 4.42 Å². The summed E-state index contributed by atoms with van der Waals surface area (Å²) in [4.78, 5) is 0. The Hall–Kier alpha value is -2.06. The maximum absolute atomic E-state index is 5.48. The zero-order valence-corrected chi connectivity index (χ0v) is 11.7. The van der Waals surface area contributed by atoms with Crippen LogP contribution in [0.4, 0.5) is 0 Å². The Morgan fingerprint density at radius 3 is 2.60 bits per heavy atom. The van der Waals surface area contributed by atoms with E-state index in [0.717, 1.165) is 18.7 Å². The molecule has 0 amide bonds. The van der Waals surface area contributed by atoms with Crippen LogP contribution in [-0.2, 0) is 6.42 Å². The molecule has 0 aliphatic heterocycles. The lowest BCUT2D eigenvalue weighted by molar-refractivity contribution is 0.455. The van der Waals surface area contributed by atoms with Gasteiger partial charge in [0.25, 0.3) is 0 Å². The van der Waals surface area contributed by atoms with Crippen molar-refractivity contribution in [2.24, 2.45) is 0 Å². The van der Waals surface area contributed by atoms with Gasteiger partial charge in [-0.05, 0) is 41.1 Å². The summed E-state index contributed by atoms with van der Waals surface area (Å²) in [6, 6.07) is 19.4. The Balaban J connectivity index is 1.91. The van der Waals surface area contributed by atoms with Gasteiger partial charge in [0.15, 0.2) is 0 Å². The highest BCUT2D eigenvalue weighted by Gasteiger charge is 2.13. The molecule has 1 atom stereocenters. The lowest BCUT2D eigenvalue weighted by Gasteiger charge is -2.18. The van der Waals surface area contributed by atoms with Gasteiger partial charge in [0.2, 0.25) is 0 Å². The molecule has 0 radical (unpaired) electrons. The summed E-state index contributed by atoms with van der Waals surface area (Å²) in [6.07, 6.45) is 2.61. The van der Waals surface area contributed by atoms with Gasteiger partial charge in [-0.3, -0.25) is 0 Å². The Bertz CT molecular complexity index is 673. The van der Waals surface area contributed by atoms with Crippen LogP contribution in [0.25, 0.3) is 10.8 Å². The zero-order chi connectivity index (χ0) is 13.8. The minimum Gasteiger partial charge on any atom is -0.469 e. The van der Waals surface area contributed by atoms with Crippen molar-refractivity contribution in [1.29, 1.82) is 0 Å². The molecule has 102 valence electrons. The molecule has 0 fully saturated rings. The lowest BCUT2D eigenvalue weighted by atomic mass is 9.99. The van der Waals surface area contributed by atoms with E-state index >= 15 is 0 Å². The molecule has 0 aliphatic carbocycles. The minimum absolute atomic E-state index is 0.288. The third kappa shape index (κ3) is 2.75. The van der Waals surface area contributed by atoms with E-state index in [2.05, 4.69) is 54.7 Å². The van der Waals surface area contributed by atoms with Crippen molar-refractivity contribution in [3.05, 3.63) is 72.2 Å². The average molecular weight is 265 g/mol. The van der Waals surface area contributed by atoms with E-state index in [9.17, 15) is 0 Å². The molecular weight excluding hydrogens is 246 g/mol. The fraction of sp³-hybridized carbons (Fsp3) is 0.222. The van der Waals surface area contributed by atoms with Crippen molar-refractivity contribution in [2.75, 3.05) is 6.54 Å². The predicted octanol–water partition coefficient (Wildman–Crippen LogP) is 4.33. The molecule has 1 unspecified atom stereocenters. The topological polar surface area (TPSA) is 25.2 Å². The number of benzene rings is 2. The van der Waals surface area contributed by atoms with Crippen LogP contribution in [0.2, 0.25) is 0 Å². The molecule has 20 heavy (non-hydrogen) atoms. The first-order valence-corrected chi connectivity index (χ1v) is 7.11. The number of hydrogen-bond acceptors (Lipinski definition) is 2. The van der Waals surface area contributed by atoms with Gasteiger partial charge in [0.1, 0.15) is 5.76 Å². The number of likely N-dealkylation sites (N-methyl/N-ethyl adjacent to an activating group) is 1. The van der Waals surface area contributed by atoms with E-state index in [1.807, 2.05) is 12.1 Å². The SMILES string of the molecule is CCNC(Cc1ccco1)c1ccc2ccccc2c1. The smallest absolute Gasteiger partial charge is 0.105 e. The summed E-state index contributed by atoms with van der Waals surface area (Å²) < 4.78 is 5.48. The highest BCUT2D eigenvalue weighted by atomic mass is 16.3. The van der Waals surface area contributed by atoms with Crippen molar-refractivity contribution in [1.82, 2.24) is 5.32 Å². The number of hydrogen-bond donors (Lipinski definition) is 1. The first-order chi connectivity index (χ1) is 9.86. The Labute approximate surface area is 119 Å². The maximum atomic E-state index is 5.48.